The highest BCUT2D eigenvalue weighted by molar-refractivity contribution is 7.10. The van der Waals surface area contributed by atoms with Gasteiger partial charge in [0.15, 0.2) is 0 Å². The van der Waals surface area contributed by atoms with Crippen molar-refractivity contribution in [3.05, 3.63) is 39.8 Å². The third kappa shape index (κ3) is 3.59. The van der Waals surface area contributed by atoms with Crippen LogP contribution in [-0.4, -0.2) is 22.2 Å². The molecule has 0 saturated carbocycles. The van der Waals surface area contributed by atoms with Crippen molar-refractivity contribution >= 4 is 29.7 Å². The maximum Gasteiger partial charge on any atom is 0.225 e. The number of carbonyl (C=O) groups excluding carboxylic acids is 1. The zero-order valence-corrected chi connectivity index (χ0v) is 12.6. The van der Waals surface area contributed by atoms with Crippen molar-refractivity contribution in [2.45, 2.75) is 26.1 Å². The summed E-state index contributed by atoms with van der Waals surface area (Å²) in [7, 11) is 0. The van der Waals surface area contributed by atoms with E-state index in [-0.39, 0.29) is 18.3 Å². The molecule has 0 aromatic carbocycles. The first kappa shape index (κ1) is 15.0. The predicted molar refractivity (Wildman–Crippen MR) is 81.1 cm³/mol. The molecule has 0 radical (unpaired) electrons. The maximum atomic E-state index is 11.8. The molecule has 5 nitrogen and oxygen atoms in total. The molecule has 0 unspecified atom stereocenters. The number of carbonyl (C=O) groups is 1. The van der Waals surface area contributed by atoms with Gasteiger partial charge in [-0.15, -0.1) is 23.7 Å². The molecule has 2 aromatic heterocycles. The molecule has 20 heavy (non-hydrogen) atoms. The lowest BCUT2D eigenvalue weighted by Gasteiger charge is -2.13. The highest BCUT2D eigenvalue weighted by Crippen LogP contribution is 2.10. The highest BCUT2D eigenvalue weighted by atomic mass is 35.5. The second-order valence-electron chi connectivity index (χ2n) is 4.56. The summed E-state index contributed by atoms with van der Waals surface area (Å²) in [5.74, 6) is 0.0477. The van der Waals surface area contributed by atoms with E-state index in [2.05, 4.69) is 21.8 Å². The van der Waals surface area contributed by atoms with Crippen molar-refractivity contribution in [3.8, 4) is 0 Å². The molecule has 2 aromatic rings. The van der Waals surface area contributed by atoms with Crippen molar-refractivity contribution in [1.29, 1.82) is 0 Å². The standard InChI is InChI=1S/C13H16N4OS.ClH/c18-13(7-12-2-1-5-19-12)15-8-10-6-11-9-14-3-4-17(11)16-10;/h1-2,5-6,14H,3-4,7-9H2,(H,15,18);1H. The molecule has 0 atom stereocenters. The van der Waals surface area contributed by atoms with Crippen LogP contribution in [0.25, 0.3) is 0 Å². The van der Waals surface area contributed by atoms with Gasteiger partial charge in [-0.05, 0) is 17.5 Å². The average molecular weight is 313 g/mol. The molecule has 0 saturated heterocycles. The van der Waals surface area contributed by atoms with Crippen LogP contribution in [-0.2, 0) is 30.8 Å². The van der Waals surface area contributed by atoms with Gasteiger partial charge in [0.1, 0.15) is 0 Å². The third-order valence-corrected chi connectivity index (χ3v) is 3.98. The van der Waals surface area contributed by atoms with Gasteiger partial charge in [-0.25, -0.2) is 0 Å². The Labute approximate surface area is 127 Å². The predicted octanol–water partition coefficient (Wildman–Crippen LogP) is 1.33. The molecule has 3 heterocycles. The van der Waals surface area contributed by atoms with E-state index in [1.165, 1.54) is 5.69 Å². The Morgan fingerprint density at radius 3 is 3.20 bits per heavy atom. The summed E-state index contributed by atoms with van der Waals surface area (Å²) in [6.45, 7) is 3.22. The van der Waals surface area contributed by atoms with Crippen molar-refractivity contribution in [2.24, 2.45) is 0 Å². The van der Waals surface area contributed by atoms with E-state index in [1.54, 1.807) is 11.3 Å². The lowest BCUT2D eigenvalue weighted by molar-refractivity contribution is -0.120. The Bertz CT molecular complexity index is 543. The van der Waals surface area contributed by atoms with E-state index in [4.69, 9.17) is 0 Å². The Hall–Kier alpha value is -1.37. The number of fused-ring (bicyclic) bond motifs is 1. The van der Waals surface area contributed by atoms with Gasteiger partial charge in [0.05, 0.1) is 30.9 Å². The van der Waals surface area contributed by atoms with Gasteiger partial charge < -0.3 is 10.6 Å². The quantitative estimate of drug-likeness (QED) is 0.895. The van der Waals surface area contributed by atoms with Crippen molar-refractivity contribution in [3.63, 3.8) is 0 Å². The number of hydrogen-bond acceptors (Lipinski definition) is 4. The van der Waals surface area contributed by atoms with Gasteiger partial charge in [0.25, 0.3) is 0 Å². The zero-order valence-electron chi connectivity index (χ0n) is 11.0. The fraction of sp³-hybridized carbons (Fsp3) is 0.385. The van der Waals surface area contributed by atoms with E-state index in [9.17, 15) is 4.79 Å². The molecular formula is C13H17ClN4OS. The first-order valence-corrected chi connectivity index (χ1v) is 7.24. The summed E-state index contributed by atoms with van der Waals surface area (Å²) in [5.41, 5.74) is 2.12. The van der Waals surface area contributed by atoms with E-state index in [0.29, 0.717) is 13.0 Å². The second-order valence-corrected chi connectivity index (χ2v) is 5.59. The van der Waals surface area contributed by atoms with Gasteiger partial charge >= 0.3 is 0 Å². The summed E-state index contributed by atoms with van der Waals surface area (Å²) < 4.78 is 2.01. The third-order valence-electron chi connectivity index (χ3n) is 3.10. The summed E-state index contributed by atoms with van der Waals surface area (Å²) in [4.78, 5) is 12.9. The zero-order chi connectivity index (χ0) is 13.1. The van der Waals surface area contributed by atoms with Crippen LogP contribution in [0, 0.1) is 0 Å². The monoisotopic (exact) mass is 312 g/mol. The van der Waals surface area contributed by atoms with Crippen LogP contribution in [0.1, 0.15) is 16.3 Å². The molecular weight excluding hydrogens is 296 g/mol. The maximum absolute atomic E-state index is 11.8. The number of nitrogens with zero attached hydrogens (tertiary/aromatic N) is 2. The summed E-state index contributed by atoms with van der Waals surface area (Å²) in [6.07, 6.45) is 0.451. The van der Waals surface area contributed by atoms with Gasteiger partial charge in [0, 0.05) is 18.0 Å². The molecule has 1 amide bonds. The van der Waals surface area contributed by atoms with Crippen LogP contribution in [0.2, 0.25) is 0 Å². The molecule has 1 aliphatic heterocycles. The highest BCUT2D eigenvalue weighted by Gasteiger charge is 2.12. The molecule has 7 heteroatoms. The van der Waals surface area contributed by atoms with E-state index in [1.807, 2.05) is 22.2 Å². The summed E-state index contributed by atoms with van der Waals surface area (Å²) >= 11 is 1.61. The van der Waals surface area contributed by atoms with E-state index >= 15 is 0 Å². The van der Waals surface area contributed by atoms with Crippen LogP contribution >= 0.6 is 23.7 Å². The van der Waals surface area contributed by atoms with Gasteiger partial charge in [-0.1, -0.05) is 6.07 Å². The van der Waals surface area contributed by atoms with Gasteiger partial charge in [-0.2, -0.15) is 5.10 Å². The number of aromatic nitrogens is 2. The number of amides is 1. The molecule has 108 valence electrons. The molecule has 0 fully saturated rings. The molecule has 0 bridgehead atoms. The summed E-state index contributed by atoms with van der Waals surface area (Å²) in [5, 5.41) is 12.7. The van der Waals surface area contributed by atoms with Crippen molar-refractivity contribution in [2.75, 3.05) is 6.54 Å². The van der Waals surface area contributed by atoms with Crippen molar-refractivity contribution in [1.82, 2.24) is 20.4 Å². The Morgan fingerprint density at radius 2 is 2.45 bits per heavy atom. The Balaban J connectivity index is 0.00000147. The fourth-order valence-corrected chi connectivity index (χ4v) is 2.87. The Kier molecular flexibility index (Phi) is 5.17. The second kappa shape index (κ2) is 6.88. The number of rotatable bonds is 4. The lowest BCUT2D eigenvalue weighted by Crippen LogP contribution is -2.28. The molecule has 0 spiro atoms. The summed E-state index contributed by atoms with van der Waals surface area (Å²) in [6, 6.07) is 5.99. The van der Waals surface area contributed by atoms with Gasteiger partial charge in [-0.3, -0.25) is 9.48 Å². The number of thiophene rings is 1. The van der Waals surface area contributed by atoms with Crippen LogP contribution in [0.3, 0.4) is 0 Å². The van der Waals surface area contributed by atoms with Crippen LogP contribution in [0.15, 0.2) is 23.6 Å². The van der Waals surface area contributed by atoms with Gasteiger partial charge in [0.2, 0.25) is 5.91 Å². The molecule has 2 N–H and O–H groups in total. The smallest absolute Gasteiger partial charge is 0.225 e. The van der Waals surface area contributed by atoms with Crippen LogP contribution < -0.4 is 10.6 Å². The first-order valence-electron chi connectivity index (χ1n) is 6.36. The average Bonchev–Trinajstić information content (AvgIpc) is 3.04. The van der Waals surface area contributed by atoms with E-state index < -0.39 is 0 Å². The SMILES string of the molecule is Cl.O=C(Cc1cccs1)NCc1cc2n(n1)CCNC2. The van der Waals surface area contributed by atoms with Crippen molar-refractivity contribution < 1.29 is 4.79 Å². The van der Waals surface area contributed by atoms with E-state index in [0.717, 1.165) is 30.2 Å². The first-order chi connectivity index (χ1) is 9.31. The Morgan fingerprint density at radius 1 is 1.55 bits per heavy atom. The minimum Gasteiger partial charge on any atom is -0.350 e. The molecule has 1 aliphatic rings. The number of hydrogen-bond donors (Lipinski definition) is 2. The number of halogens is 1. The minimum absolute atomic E-state index is 0. The topological polar surface area (TPSA) is 59.0 Å². The van der Waals surface area contributed by atoms with Crippen LogP contribution in [0.5, 0.6) is 0 Å². The fourth-order valence-electron chi connectivity index (χ4n) is 2.16. The number of nitrogens with one attached hydrogen (secondary N) is 2. The van der Waals surface area contributed by atoms with Crippen LogP contribution in [0.4, 0.5) is 0 Å². The molecule has 0 aliphatic carbocycles. The molecule has 3 rings (SSSR count). The minimum atomic E-state index is 0. The normalized spacial score (nSPS) is 13.4. The lowest BCUT2D eigenvalue weighted by atomic mass is 10.3. The largest absolute Gasteiger partial charge is 0.350 e.